The van der Waals surface area contributed by atoms with Crippen LogP contribution in [0.25, 0.3) is 0 Å². The van der Waals surface area contributed by atoms with Crippen molar-refractivity contribution in [1.29, 1.82) is 0 Å². The van der Waals surface area contributed by atoms with Gasteiger partial charge in [-0.2, -0.15) is 0 Å². The van der Waals surface area contributed by atoms with Crippen LogP contribution in [-0.4, -0.2) is 20.7 Å². The molecule has 0 saturated carbocycles. The summed E-state index contributed by atoms with van der Waals surface area (Å²) in [6.45, 7) is 5.29. The fourth-order valence-corrected chi connectivity index (χ4v) is 1.42. The van der Waals surface area contributed by atoms with E-state index in [9.17, 15) is 0 Å². The SMILES string of the molecule is CCc1ccc(OC)c(N(C)CC)c1. The van der Waals surface area contributed by atoms with Gasteiger partial charge in [0.25, 0.3) is 0 Å². The van der Waals surface area contributed by atoms with Gasteiger partial charge < -0.3 is 9.64 Å². The van der Waals surface area contributed by atoms with E-state index < -0.39 is 0 Å². The lowest BCUT2D eigenvalue weighted by Gasteiger charge is -2.20. The molecule has 0 aliphatic carbocycles. The molecule has 2 heteroatoms. The molecule has 0 radical (unpaired) electrons. The largest absolute Gasteiger partial charge is 0.495 e. The summed E-state index contributed by atoms with van der Waals surface area (Å²) in [4.78, 5) is 2.19. The summed E-state index contributed by atoms with van der Waals surface area (Å²) in [5, 5.41) is 0. The lowest BCUT2D eigenvalue weighted by Crippen LogP contribution is -2.16. The van der Waals surface area contributed by atoms with Crippen LogP contribution in [0.15, 0.2) is 18.2 Å². The van der Waals surface area contributed by atoms with Crippen molar-refractivity contribution in [3.05, 3.63) is 23.8 Å². The molecule has 0 bridgehead atoms. The molecule has 1 aromatic carbocycles. The second-order valence-corrected chi connectivity index (χ2v) is 3.37. The molecule has 0 fully saturated rings. The molecule has 0 atom stereocenters. The summed E-state index contributed by atoms with van der Waals surface area (Å²) in [6, 6.07) is 6.36. The Morgan fingerprint density at radius 3 is 2.50 bits per heavy atom. The predicted molar refractivity (Wildman–Crippen MR) is 61.3 cm³/mol. The number of methoxy groups -OCH3 is 1. The molecule has 0 unspecified atom stereocenters. The maximum absolute atomic E-state index is 5.33. The lowest BCUT2D eigenvalue weighted by molar-refractivity contribution is 0.415. The van der Waals surface area contributed by atoms with Crippen LogP contribution in [0.4, 0.5) is 5.69 Å². The van der Waals surface area contributed by atoms with Crippen LogP contribution >= 0.6 is 0 Å². The fourth-order valence-electron chi connectivity index (χ4n) is 1.42. The number of ether oxygens (including phenoxy) is 1. The van der Waals surface area contributed by atoms with Gasteiger partial charge in [0, 0.05) is 13.6 Å². The molecule has 0 spiro atoms. The molecule has 0 N–H and O–H groups in total. The van der Waals surface area contributed by atoms with Gasteiger partial charge in [-0.3, -0.25) is 0 Å². The molecular formula is C12H19NO. The van der Waals surface area contributed by atoms with E-state index in [4.69, 9.17) is 4.74 Å². The first-order valence-electron chi connectivity index (χ1n) is 5.11. The number of hydrogen-bond donors (Lipinski definition) is 0. The van der Waals surface area contributed by atoms with Crippen molar-refractivity contribution in [2.45, 2.75) is 20.3 Å². The van der Waals surface area contributed by atoms with Crippen molar-refractivity contribution in [3.63, 3.8) is 0 Å². The van der Waals surface area contributed by atoms with Gasteiger partial charge >= 0.3 is 0 Å². The number of anilines is 1. The van der Waals surface area contributed by atoms with Gasteiger partial charge in [0.1, 0.15) is 5.75 Å². The summed E-state index contributed by atoms with van der Waals surface area (Å²) < 4.78 is 5.33. The lowest BCUT2D eigenvalue weighted by atomic mass is 10.1. The third kappa shape index (κ3) is 2.19. The average molecular weight is 193 g/mol. The maximum Gasteiger partial charge on any atom is 0.142 e. The van der Waals surface area contributed by atoms with Crippen molar-refractivity contribution >= 4 is 5.69 Å². The van der Waals surface area contributed by atoms with Gasteiger partial charge in [-0.15, -0.1) is 0 Å². The molecule has 0 aromatic heterocycles. The zero-order valence-corrected chi connectivity index (χ0v) is 9.50. The van der Waals surface area contributed by atoms with Gasteiger partial charge in [0.2, 0.25) is 0 Å². The molecular weight excluding hydrogens is 174 g/mol. The van der Waals surface area contributed by atoms with Gasteiger partial charge in [-0.1, -0.05) is 13.0 Å². The first-order chi connectivity index (χ1) is 6.72. The van der Waals surface area contributed by atoms with E-state index in [2.05, 4.69) is 37.9 Å². The third-order valence-electron chi connectivity index (χ3n) is 2.54. The second-order valence-electron chi connectivity index (χ2n) is 3.37. The van der Waals surface area contributed by atoms with Crippen molar-refractivity contribution in [2.75, 3.05) is 25.6 Å². The van der Waals surface area contributed by atoms with Crippen LogP contribution in [0.2, 0.25) is 0 Å². The number of hydrogen-bond acceptors (Lipinski definition) is 2. The minimum Gasteiger partial charge on any atom is -0.495 e. The molecule has 2 nitrogen and oxygen atoms in total. The Kier molecular flexibility index (Phi) is 3.81. The van der Waals surface area contributed by atoms with E-state index in [1.54, 1.807) is 7.11 Å². The minimum atomic E-state index is 0.951. The predicted octanol–water partition coefficient (Wildman–Crippen LogP) is 2.71. The van der Waals surface area contributed by atoms with E-state index in [-0.39, 0.29) is 0 Å². The Morgan fingerprint density at radius 1 is 1.29 bits per heavy atom. The minimum absolute atomic E-state index is 0.951. The van der Waals surface area contributed by atoms with Crippen molar-refractivity contribution in [3.8, 4) is 5.75 Å². The molecule has 1 aromatic rings. The van der Waals surface area contributed by atoms with Gasteiger partial charge in [0.05, 0.1) is 12.8 Å². The summed E-state index contributed by atoms with van der Waals surface area (Å²) >= 11 is 0. The Hall–Kier alpha value is -1.18. The zero-order chi connectivity index (χ0) is 10.6. The Morgan fingerprint density at radius 2 is 2.00 bits per heavy atom. The highest BCUT2D eigenvalue weighted by Gasteiger charge is 2.06. The highest BCUT2D eigenvalue weighted by atomic mass is 16.5. The molecule has 14 heavy (non-hydrogen) atoms. The number of nitrogens with zero attached hydrogens (tertiary/aromatic N) is 1. The van der Waals surface area contributed by atoms with E-state index in [0.29, 0.717) is 0 Å². The van der Waals surface area contributed by atoms with Crippen molar-refractivity contribution in [1.82, 2.24) is 0 Å². The molecule has 1 rings (SSSR count). The summed E-state index contributed by atoms with van der Waals surface area (Å²) in [5.74, 6) is 0.951. The van der Waals surface area contributed by atoms with E-state index >= 15 is 0 Å². The monoisotopic (exact) mass is 193 g/mol. The van der Waals surface area contributed by atoms with Gasteiger partial charge in [-0.05, 0) is 31.0 Å². The third-order valence-corrected chi connectivity index (χ3v) is 2.54. The van der Waals surface area contributed by atoms with Gasteiger partial charge in [0.15, 0.2) is 0 Å². The summed E-state index contributed by atoms with van der Waals surface area (Å²) in [6.07, 6.45) is 1.06. The second kappa shape index (κ2) is 4.89. The Balaban J connectivity index is 3.08. The smallest absolute Gasteiger partial charge is 0.142 e. The molecule has 78 valence electrons. The van der Waals surface area contributed by atoms with Crippen LogP contribution in [0.1, 0.15) is 19.4 Å². The Bertz CT molecular complexity index is 296. The first kappa shape index (κ1) is 10.9. The highest BCUT2D eigenvalue weighted by Crippen LogP contribution is 2.28. The number of aryl methyl sites for hydroxylation is 1. The van der Waals surface area contributed by atoms with Crippen LogP contribution in [0.3, 0.4) is 0 Å². The van der Waals surface area contributed by atoms with Crippen molar-refractivity contribution < 1.29 is 4.74 Å². The molecule has 0 heterocycles. The van der Waals surface area contributed by atoms with Gasteiger partial charge in [-0.25, -0.2) is 0 Å². The molecule has 0 aliphatic rings. The molecule has 0 amide bonds. The van der Waals surface area contributed by atoms with Crippen LogP contribution in [-0.2, 0) is 6.42 Å². The number of benzene rings is 1. The molecule has 0 saturated heterocycles. The quantitative estimate of drug-likeness (QED) is 0.729. The van der Waals surface area contributed by atoms with Crippen LogP contribution < -0.4 is 9.64 Å². The van der Waals surface area contributed by atoms with Crippen molar-refractivity contribution in [2.24, 2.45) is 0 Å². The van der Waals surface area contributed by atoms with Crippen LogP contribution in [0.5, 0.6) is 5.75 Å². The van der Waals surface area contributed by atoms with E-state index in [1.165, 1.54) is 11.3 Å². The van der Waals surface area contributed by atoms with E-state index in [1.807, 2.05) is 6.07 Å². The van der Waals surface area contributed by atoms with E-state index in [0.717, 1.165) is 18.7 Å². The summed E-state index contributed by atoms with van der Waals surface area (Å²) in [5.41, 5.74) is 2.52. The topological polar surface area (TPSA) is 12.5 Å². The summed E-state index contributed by atoms with van der Waals surface area (Å²) in [7, 11) is 3.80. The highest BCUT2D eigenvalue weighted by molar-refractivity contribution is 5.59. The Labute approximate surface area is 86.5 Å². The normalized spacial score (nSPS) is 10.0. The maximum atomic E-state index is 5.33. The first-order valence-corrected chi connectivity index (χ1v) is 5.11. The zero-order valence-electron chi connectivity index (χ0n) is 9.50. The number of rotatable bonds is 4. The average Bonchev–Trinajstić information content (AvgIpc) is 2.27. The molecule has 0 aliphatic heterocycles. The standard InChI is InChI=1S/C12H19NO/c1-5-10-7-8-12(14-4)11(9-10)13(3)6-2/h7-9H,5-6H2,1-4H3. The fraction of sp³-hybridized carbons (Fsp3) is 0.500. The van der Waals surface area contributed by atoms with Crippen LogP contribution in [0, 0.1) is 0 Å².